The fraction of sp³-hybridized carbons (Fsp3) is 0.304. The van der Waals surface area contributed by atoms with Crippen molar-refractivity contribution in [2.24, 2.45) is 0 Å². The van der Waals surface area contributed by atoms with Gasteiger partial charge >= 0.3 is 5.97 Å². The molecule has 8 nitrogen and oxygen atoms in total. The molecule has 1 N–H and O–H groups in total. The molecule has 0 saturated carbocycles. The van der Waals surface area contributed by atoms with E-state index >= 15 is 0 Å². The highest BCUT2D eigenvalue weighted by Gasteiger charge is 2.35. The van der Waals surface area contributed by atoms with E-state index in [2.05, 4.69) is 9.97 Å². The Bertz CT molecular complexity index is 1090. The number of piperidine rings is 1. The molecule has 4 rings (SSSR count). The lowest BCUT2D eigenvalue weighted by atomic mass is 9.94. The van der Waals surface area contributed by atoms with Crippen molar-refractivity contribution in [3.8, 4) is 0 Å². The van der Waals surface area contributed by atoms with Crippen LogP contribution in [-0.2, 0) is 9.53 Å². The van der Waals surface area contributed by atoms with E-state index in [1.807, 2.05) is 11.0 Å². The number of halogens is 2. The van der Waals surface area contributed by atoms with E-state index in [9.17, 15) is 13.6 Å². The first-order valence-electron chi connectivity index (χ1n) is 10.5. The maximum Gasteiger partial charge on any atom is 0.329 e. The van der Waals surface area contributed by atoms with E-state index in [1.54, 1.807) is 47.8 Å². The summed E-state index contributed by atoms with van der Waals surface area (Å²) in [5.41, 5.74) is -1.05. The third-order valence-electron chi connectivity index (χ3n) is 5.35. The molecule has 0 aliphatic carbocycles. The Morgan fingerprint density at radius 2 is 1.97 bits per heavy atom. The summed E-state index contributed by atoms with van der Waals surface area (Å²) in [4.78, 5) is 27.6. The summed E-state index contributed by atoms with van der Waals surface area (Å²) in [6, 6.07) is 11.5. The van der Waals surface area contributed by atoms with Crippen LogP contribution in [-0.4, -0.2) is 58.0 Å². The zero-order chi connectivity index (χ0) is 23.3. The number of carboxylic acid groups (broad SMARTS) is 1. The van der Waals surface area contributed by atoms with Gasteiger partial charge < -0.3 is 14.7 Å². The maximum absolute atomic E-state index is 15.0. The van der Waals surface area contributed by atoms with E-state index in [-0.39, 0.29) is 19.4 Å². The molecule has 2 aromatic heterocycles. The highest BCUT2D eigenvalue weighted by molar-refractivity contribution is 5.72. The summed E-state index contributed by atoms with van der Waals surface area (Å²) in [7, 11) is 0. The number of pyridine rings is 1. The summed E-state index contributed by atoms with van der Waals surface area (Å²) in [6.07, 6.45) is 5.14. The Morgan fingerprint density at radius 1 is 1.15 bits per heavy atom. The molecule has 1 aliphatic heterocycles. The molecule has 3 heterocycles. The van der Waals surface area contributed by atoms with Crippen molar-refractivity contribution in [1.29, 1.82) is 0 Å². The van der Waals surface area contributed by atoms with Gasteiger partial charge in [-0.25, -0.2) is 23.5 Å². The molecule has 1 aliphatic rings. The number of alkyl halides is 1. The topological polar surface area (TPSA) is 91.7 Å². The van der Waals surface area contributed by atoms with Gasteiger partial charge in [0.1, 0.15) is 29.7 Å². The second-order valence-electron chi connectivity index (χ2n) is 7.76. The lowest BCUT2D eigenvalue weighted by Gasteiger charge is -2.36. The minimum Gasteiger partial charge on any atom is -0.480 e. The van der Waals surface area contributed by atoms with Crippen LogP contribution in [0.5, 0.6) is 0 Å². The highest BCUT2D eigenvalue weighted by atomic mass is 19.1. The predicted octanol–water partition coefficient (Wildman–Crippen LogP) is 3.89. The van der Waals surface area contributed by atoms with Gasteiger partial charge in [0.05, 0.1) is 24.7 Å². The van der Waals surface area contributed by atoms with Crippen LogP contribution in [0.25, 0.3) is 0 Å². The minimum absolute atomic E-state index is 0.173. The zero-order valence-corrected chi connectivity index (χ0v) is 17.8. The number of aliphatic carboxylic acids is 1. The van der Waals surface area contributed by atoms with E-state index in [0.717, 1.165) is 0 Å². The minimum atomic E-state index is -1.58. The van der Waals surface area contributed by atoms with Crippen LogP contribution in [0.2, 0.25) is 0 Å². The fourth-order valence-corrected chi connectivity index (χ4v) is 3.69. The number of nitrogens with zero attached hydrogens (tertiary/aromatic N) is 5. The van der Waals surface area contributed by atoms with Crippen molar-refractivity contribution in [1.82, 2.24) is 15.0 Å². The first-order valence-corrected chi connectivity index (χ1v) is 10.5. The largest absolute Gasteiger partial charge is 0.480 e. The summed E-state index contributed by atoms with van der Waals surface area (Å²) < 4.78 is 33.9. The van der Waals surface area contributed by atoms with Crippen LogP contribution in [0.4, 0.5) is 31.9 Å². The van der Waals surface area contributed by atoms with E-state index in [1.165, 1.54) is 12.1 Å². The average Bonchev–Trinajstić information content (AvgIpc) is 2.80. The van der Waals surface area contributed by atoms with Crippen molar-refractivity contribution in [3.05, 3.63) is 66.9 Å². The molecule has 33 heavy (non-hydrogen) atoms. The number of hydrogen-bond donors (Lipinski definition) is 1. The number of carboxylic acids is 1. The lowest BCUT2D eigenvalue weighted by molar-refractivity contribution is -0.144. The molecule has 172 valence electrons. The van der Waals surface area contributed by atoms with Crippen molar-refractivity contribution in [2.45, 2.75) is 18.5 Å². The summed E-state index contributed by atoms with van der Waals surface area (Å²) in [5, 5.41) is 8.67. The molecule has 0 spiro atoms. The smallest absolute Gasteiger partial charge is 0.329 e. The Labute approximate surface area is 189 Å². The number of benzene rings is 1. The van der Waals surface area contributed by atoms with E-state index in [0.29, 0.717) is 36.2 Å². The maximum atomic E-state index is 15.0. The Balaban J connectivity index is 1.55. The monoisotopic (exact) mass is 455 g/mol. The van der Waals surface area contributed by atoms with Gasteiger partial charge in [-0.05, 0) is 30.3 Å². The second-order valence-corrected chi connectivity index (χ2v) is 7.76. The molecule has 0 amide bonds. The number of rotatable bonds is 8. The van der Waals surface area contributed by atoms with Gasteiger partial charge in [0.15, 0.2) is 5.82 Å². The van der Waals surface area contributed by atoms with Gasteiger partial charge in [0.25, 0.3) is 0 Å². The van der Waals surface area contributed by atoms with Gasteiger partial charge in [-0.15, -0.1) is 0 Å². The number of ether oxygens (including phenoxy) is 1. The van der Waals surface area contributed by atoms with Crippen molar-refractivity contribution < 1.29 is 23.4 Å². The Morgan fingerprint density at radius 3 is 2.67 bits per heavy atom. The molecule has 1 saturated heterocycles. The lowest BCUT2D eigenvalue weighted by Crippen LogP contribution is -2.45. The molecule has 0 unspecified atom stereocenters. The quantitative estimate of drug-likeness (QED) is 0.547. The van der Waals surface area contributed by atoms with Crippen LogP contribution >= 0.6 is 0 Å². The first-order chi connectivity index (χ1) is 15.9. The summed E-state index contributed by atoms with van der Waals surface area (Å²) >= 11 is 0. The van der Waals surface area contributed by atoms with Crippen molar-refractivity contribution >= 4 is 29.1 Å². The molecule has 10 heteroatoms. The van der Waals surface area contributed by atoms with Gasteiger partial charge in [-0.3, -0.25) is 9.88 Å². The van der Waals surface area contributed by atoms with Gasteiger partial charge in [0, 0.05) is 32.1 Å². The van der Waals surface area contributed by atoms with Crippen molar-refractivity contribution in [3.63, 3.8) is 0 Å². The molecule has 3 aromatic rings. The highest BCUT2D eigenvalue weighted by Crippen LogP contribution is 2.34. The number of aromatic nitrogens is 3. The molecule has 0 atom stereocenters. The SMILES string of the molecule is O=C(O)COCC1(F)CCN(c2cncc(N(c3cccc(F)c3)c3ccccn3)n2)CC1. The normalized spacial score (nSPS) is 15.3. The van der Waals surface area contributed by atoms with Crippen LogP contribution < -0.4 is 9.80 Å². The van der Waals surface area contributed by atoms with Gasteiger partial charge in [-0.1, -0.05) is 12.1 Å². The fourth-order valence-electron chi connectivity index (χ4n) is 3.69. The second kappa shape index (κ2) is 9.86. The predicted molar refractivity (Wildman–Crippen MR) is 118 cm³/mol. The van der Waals surface area contributed by atoms with Crippen LogP contribution in [0.3, 0.4) is 0 Å². The summed E-state index contributed by atoms with van der Waals surface area (Å²) in [5.74, 6) is 0.0282. The van der Waals surface area contributed by atoms with Crippen molar-refractivity contribution in [2.75, 3.05) is 36.1 Å². The Hall–Kier alpha value is -3.66. The zero-order valence-electron chi connectivity index (χ0n) is 17.8. The van der Waals surface area contributed by atoms with E-state index in [4.69, 9.17) is 14.8 Å². The van der Waals surface area contributed by atoms with Crippen LogP contribution in [0, 0.1) is 5.82 Å². The Kier molecular flexibility index (Phi) is 6.74. The molecule has 1 aromatic carbocycles. The third-order valence-corrected chi connectivity index (χ3v) is 5.35. The first kappa shape index (κ1) is 22.5. The number of carbonyl (C=O) groups is 1. The van der Waals surface area contributed by atoms with Crippen LogP contribution in [0.15, 0.2) is 61.1 Å². The van der Waals surface area contributed by atoms with Gasteiger partial charge in [0.2, 0.25) is 0 Å². The van der Waals surface area contributed by atoms with Gasteiger partial charge in [-0.2, -0.15) is 0 Å². The number of anilines is 4. The summed E-state index contributed by atoms with van der Waals surface area (Å²) in [6.45, 7) is -0.0402. The third kappa shape index (κ3) is 5.58. The molecular formula is C23H23F2N5O3. The average molecular weight is 455 g/mol. The standard InChI is InChI=1S/C23H23F2N5O3/c24-17-4-3-5-18(12-17)30(19-6-1-2-9-27-19)21-14-26-13-20(28-21)29-10-7-23(25,8-11-29)16-33-15-22(31)32/h1-6,9,12-14H,7-8,10-11,15-16H2,(H,31,32). The molecule has 1 fully saturated rings. The van der Waals surface area contributed by atoms with Crippen LogP contribution in [0.1, 0.15) is 12.8 Å². The molecular weight excluding hydrogens is 432 g/mol. The molecule has 0 bridgehead atoms. The van der Waals surface area contributed by atoms with E-state index < -0.39 is 24.1 Å². The molecule has 0 radical (unpaired) electrons. The number of hydrogen-bond acceptors (Lipinski definition) is 7.